The molecule has 1 rings (SSSR count). The van der Waals surface area contributed by atoms with E-state index in [0.717, 1.165) is 6.42 Å². The second-order valence-electron chi connectivity index (χ2n) is 4.45. The molecule has 0 spiro atoms. The van der Waals surface area contributed by atoms with E-state index >= 15 is 0 Å². The van der Waals surface area contributed by atoms with E-state index in [1.54, 1.807) is 0 Å². The van der Waals surface area contributed by atoms with Crippen molar-refractivity contribution in [3.8, 4) is 0 Å². The lowest BCUT2D eigenvalue weighted by molar-refractivity contribution is -0.0747. The maximum atomic E-state index is 9.42. The Hall–Kier alpha value is -0.0800. The lowest BCUT2D eigenvalue weighted by Gasteiger charge is -2.50. The molecule has 0 radical (unpaired) electrons. The van der Waals surface area contributed by atoms with Crippen molar-refractivity contribution >= 4 is 0 Å². The van der Waals surface area contributed by atoms with Gasteiger partial charge in [-0.25, -0.2) is 0 Å². The Morgan fingerprint density at radius 1 is 1.45 bits per heavy atom. The van der Waals surface area contributed by atoms with Gasteiger partial charge in [0.1, 0.15) is 0 Å². The van der Waals surface area contributed by atoms with Gasteiger partial charge in [-0.15, -0.1) is 0 Å². The summed E-state index contributed by atoms with van der Waals surface area (Å²) in [6.07, 6.45) is 0.796. The highest BCUT2D eigenvalue weighted by Crippen LogP contribution is 2.40. The van der Waals surface area contributed by atoms with Gasteiger partial charge in [-0.05, 0) is 6.42 Å². The first-order chi connectivity index (χ1) is 4.94. The smallest absolute Gasteiger partial charge is 0.0621 e. The number of aliphatic hydroxyl groups excluding tert-OH is 1. The molecule has 66 valence electrons. The van der Waals surface area contributed by atoms with E-state index in [-0.39, 0.29) is 11.5 Å². The molecular formula is C9H19NO. The monoisotopic (exact) mass is 157 g/mol. The Morgan fingerprint density at radius 2 is 2.00 bits per heavy atom. The molecule has 0 saturated heterocycles. The Balaban J connectivity index is 2.40. The topological polar surface area (TPSA) is 32.3 Å². The lowest BCUT2D eigenvalue weighted by atomic mass is 9.64. The molecule has 1 fully saturated rings. The largest absolute Gasteiger partial charge is 0.392 e. The zero-order chi connectivity index (χ0) is 8.65. The molecule has 1 aliphatic rings. The number of nitrogens with one attached hydrogen (secondary N) is 1. The number of hydrogen-bond donors (Lipinski definition) is 2. The van der Waals surface area contributed by atoms with Crippen molar-refractivity contribution < 1.29 is 5.11 Å². The van der Waals surface area contributed by atoms with Crippen LogP contribution in [0.1, 0.15) is 34.1 Å². The molecule has 11 heavy (non-hydrogen) atoms. The number of hydrogen-bond acceptors (Lipinski definition) is 2. The van der Waals surface area contributed by atoms with Gasteiger partial charge >= 0.3 is 0 Å². The van der Waals surface area contributed by atoms with Crippen LogP contribution in [0.2, 0.25) is 0 Å². The van der Waals surface area contributed by atoms with Gasteiger partial charge in [0, 0.05) is 17.5 Å². The SMILES string of the molecule is CC(C)NC1CC(O)C1(C)C. The second kappa shape index (κ2) is 2.76. The van der Waals surface area contributed by atoms with Crippen LogP contribution in [0.3, 0.4) is 0 Å². The molecular weight excluding hydrogens is 138 g/mol. The highest BCUT2D eigenvalue weighted by atomic mass is 16.3. The maximum absolute atomic E-state index is 9.42. The Kier molecular flexibility index (Phi) is 2.26. The summed E-state index contributed by atoms with van der Waals surface area (Å²) in [6.45, 7) is 8.50. The van der Waals surface area contributed by atoms with E-state index in [4.69, 9.17) is 0 Å². The molecule has 0 bridgehead atoms. The van der Waals surface area contributed by atoms with Crippen molar-refractivity contribution in [2.45, 2.75) is 52.3 Å². The molecule has 2 nitrogen and oxygen atoms in total. The molecule has 2 N–H and O–H groups in total. The van der Waals surface area contributed by atoms with Gasteiger partial charge in [0.25, 0.3) is 0 Å². The summed E-state index contributed by atoms with van der Waals surface area (Å²) >= 11 is 0. The molecule has 0 amide bonds. The van der Waals surface area contributed by atoms with Crippen molar-refractivity contribution in [3.05, 3.63) is 0 Å². The fourth-order valence-electron chi connectivity index (χ4n) is 1.59. The summed E-state index contributed by atoms with van der Waals surface area (Å²) in [5.74, 6) is 0. The molecule has 0 heterocycles. The Labute approximate surface area is 69.0 Å². The van der Waals surface area contributed by atoms with Crippen LogP contribution in [0.25, 0.3) is 0 Å². The van der Waals surface area contributed by atoms with Crippen LogP contribution < -0.4 is 5.32 Å². The normalized spacial score (nSPS) is 35.5. The van der Waals surface area contributed by atoms with Crippen molar-refractivity contribution in [1.82, 2.24) is 5.32 Å². The van der Waals surface area contributed by atoms with E-state index in [9.17, 15) is 5.11 Å². The van der Waals surface area contributed by atoms with Crippen molar-refractivity contribution in [2.75, 3.05) is 0 Å². The first kappa shape index (κ1) is 9.01. The Morgan fingerprint density at radius 3 is 2.27 bits per heavy atom. The van der Waals surface area contributed by atoms with Gasteiger partial charge in [-0.3, -0.25) is 0 Å². The fourth-order valence-corrected chi connectivity index (χ4v) is 1.59. The third kappa shape index (κ3) is 1.57. The quantitative estimate of drug-likeness (QED) is 0.630. The molecule has 2 unspecified atom stereocenters. The summed E-state index contributed by atoms with van der Waals surface area (Å²) in [5.41, 5.74) is 0.0737. The van der Waals surface area contributed by atoms with Crippen LogP contribution in [0.15, 0.2) is 0 Å². The summed E-state index contributed by atoms with van der Waals surface area (Å²) in [4.78, 5) is 0. The highest BCUT2D eigenvalue weighted by molar-refractivity contribution is 5.01. The van der Waals surface area contributed by atoms with Crippen molar-refractivity contribution in [1.29, 1.82) is 0 Å². The van der Waals surface area contributed by atoms with Gasteiger partial charge in [0.05, 0.1) is 6.10 Å². The van der Waals surface area contributed by atoms with E-state index < -0.39 is 0 Å². The summed E-state index contributed by atoms with van der Waals surface area (Å²) in [5, 5.41) is 12.9. The maximum Gasteiger partial charge on any atom is 0.0621 e. The summed E-state index contributed by atoms with van der Waals surface area (Å²) in [7, 11) is 0. The summed E-state index contributed by atoms with van der Waals surface area (Å²) in [6, 6.07) is 1.02. The van der Waals surface area contributed by atoms with Crippen LogP contribution in [-0.2, 0) is 0 Å². The van der Waals surface area contributed by atoms with Crippen LogP contribution in [0.5, 0.6) is 0 Å². The minimum atomic E-state index is -0.112. The molecule has 0 aromatic heterocycles. The minimum Gasteiger partial charge on any atom is -0.392 e. The van der Waals surface area contributed by atoms with Crippen LogP contribution in [-0.4, -0.2) is 23.3 Å². The molecule has 2 atom stereocenters. The fraction of sp³-hybridized carbons (Fsp3) is 1.00. The third-order valence-corrected chi connectivity index (χ3v) is 2.75. The Bertz CT molecular complexity index is 142. The molecule has 0 aromatic carbocycles. The van der Waals surface area contributed by atoms with Gasteiger partial charge in [0.2, 0.25) is 0 Å². The predicted octanol–water partition coefficient (Wildman–Crippen LogP) is 1.14. The molecule has 0 aromatic rings. The number of rotatable bonds is 2. The van der Waals surface area contributed by atoms with Crippen LogP contribution in [0, 0.1) is 5.41 Å². The van der Waals surface area contributed by atoms with E-state index in [1.807, 2.05) is 0 Å². The standard InChI is InChI=1S/C9H19NO/c1-6(2)10-7-5-8(11)9(7,3)4/h6-8,10-11H,5H2,1-4H3. The van der Waals surface area contributed by atoms with E-state index in [1.165, 1.54) is 0 Å². The van der Waals surface area contributed by atoms with Crippen LogP contribution >= 0.6 is 0 Å². The van der Waals surface area contributed by atoms with Crippen molar-refractivity contribution in [3.63, 3.8) is 0 Å². The lowest BCUT2D eigenvalue weighted by Crippen LogP contribution is -2.61. The predicted molar refractivity (Wildman–Crippen MR) is 46.5 cm³/mol. The third-order valence-electron chi connectivity index (χ3n) is 2.75. The van der Waals surface area contributed by atoms with Crippen molar-refractivity contribution in [2.24, 2.45) is 5.41 Å². The number of aliphatic hydroxyl groups is 1. The zero-order valence-electron chi connectivity index (χ0n) is 7.89. The van der Waals surface area contributed by atoms with Gasteiger partial charge in [-0.2, -0.15) is 0 Å². The molecule has 0 aliphatic heterocycles. The summed E-state index contributed by atoms with van der Waals surface area (Å²) < 4.78 is 0. The second-order valence-corrected chi connectivity index (χ2v) is 4.45. The highest BCUT2D eigenvalue weighted by Gasteiger charge is 2.46. The van der Waals surface area contributed by atoms with Crippen LogP contribution in [0.4, 0.5) is 0 Å². The molecule has 2 heteroatoms. The molecule has 1 aliphatic carbocycles. The first-order valence-corrected chi connectivity index (χ1v) is 4.38. The van der Waals surface area contributed by atoms with Gasteiger partial charge in [-0.1, -0.05) is 27.7 Å². The minimum absolute atomic E-state index is 0.0737. The van der Waals surface area contributed by atoms with E-state index in [2.05, 4.69) is 33.0 Å². The van der Waals surface area contributed by atoms with E-state index in [0.29, 0.717) is 12.1 Å². The average molecular weight is 157 g/mol. The van der Waals surface area contributed by atoms with Gasteiger partial charge < -0.3 is 10.4 Å². The molecule has 1 saturated carbocycles. The van der Waals surface area contributed by atoms with Gasteiger partial charge in [0.15, 0.2) is 0 Å². The first-order valence-electron chi connectivity index (χ1n) is 4.38. The average Bonchev–Trinajstić information content (AvgIpc) is 1.87. The zero-order valence-corrected chi connectivity index (χ0v) is 7.89.